The molecule has 1 saturated carbocycles. The molecule has 1 unspecified atom stereocenters. The standard InChI is InChI=1S/C20H19F2N3O5/c1-19(7-20(21,22)8-19)9-23-15(27)10-2-3-11-12(6-10)18(30)25(17(11)29)13-4-5-14(26)24-16(13)28/h2-3,6,13H,4-5,7-9H2,1H3,(H,23,27)(H,24,26,28). The zero-order chi connectivity index (χ0) is 21.8. The first-order chi connectivity index (χ1) is 14.0. The van der Waals surface area contributed by atoms with E-state index < -0.39 is 46.9 Å². The highest BCUT2D eigenvalue weighted by Gasteiger charge is 2.53. The van der Waals surface area contributed by atoms with Crippen LogP contribution in [0, 0.1) is 5.41 Å². The molecule has 0 bridgehead atoms. The van der Waals surface area contributed by atoms with Crippen LogP contribution in [0.2, 0.25) is 0 Å². The third kappa shape index (κ3) is 3.35. The van der Waals surface area contributed by atoms with Gasteiger partial charge in [0.25, 0.3) is 17.7 Å². The van der Waals surface area contributed by atoms with E-state index in [1.54, 1.807) is 6.92 Å². The first-order valence-electron chi connectivity index (χ1n) is 9.51. The molecule has 0 spiro atoms. The van der Waals surface area contributed by atoms with E-state index >= 15 is 0 Å². The average Bonchev–Trinajstić information content (AvgIpc) is 2.89. The van der Waals surface area contributed by atoms with E-state index in [-0.39, 0.29) is 48.9 Å². The van der Waals surface area contributed by atoms with Gasteiger partial charge < -0.3 is 5.32 Å². The van der Waals surface area contributed by atoms with Gasteiger partial charge in [0.15, 0.2) is 0 Å². The third-order valence-corrected chi connectivity index (χ3v) is 5.75. The van der Waals surface area contributed by atoms with Crippen LogP contribution in [0.3, 0.4) is 0 Å². The third-order valence-electron chi connectivity index (χ3n) is 5.75. The summed E-state index contributed by atoms with van der Waals surface area (Å²) < 4.78 is 26.2. The number of nitrogens with one attached hydrogen (secondary N) is 2. The van der Waals surface area contributed by atoms with Crippen LogP contribution in [0.5, 0.6) is 0 Å². The topological polar surface area (TPSA) is 113 Å². The predicted octanol–water partition coefficient (Wildman–Crippen LogP) is 1.25. The Labute approximate surface area is 170 Å². The molecule has 8 nitrogen and oxygen atoms in total. The fourth-order valence-electron chi connectivity index (χ4n) is 4.33. The van der Waals surface area contributed by atoms with Crippen LogP contribution in [0.15, 0.2) is 18.2 Å². The summed E-state index contributed by atoms with van der Waals surface area (Å²) in [7, 11) is 0. The van der Waals surface area contributed by atoms with Crippen molar-refractivity contribution in [3.8, 4) is 0 Å². The Morgan fingerprint density at radius 1 is 1.17 bits per heavy atom. The number of rotatable bonds is 4. The van der Waals surface area contributed by atoms with E-state index in [2.05, 4.69) is 10.6 Å². The molecule has 1 aliphatic carbocycles. The average molecular weight is 419 g/mol. The van der Waals surface area contributed by atoms with E-state index in [0.717, 1.165) is 4.90 Å². The molecule has 2 N–H and O–H groups in total. The summed E-state index contributed by atoms with van der Waals surface area (Å²) in [5.74, 6) is -5.83. The molecule has 2 fully saturated rings. The second-order valence-corrected chi connectivity index (χ2v) is 8.41. The molecule has 1 saturated heterocycles. The van der Waals surface area contributed by atoms with E-state index in [4.69, 9.17) is 0 Å². The summed E-state index contributed by atoms with van der Waals surface area (Å²) in [4.78, 5) is 62.1. The van der Waals surface area contributed by atoms with Crippen molar-refractivity contribution in [1.29, 1.82) is 0 Å². The van der Waals surface area contributed by atoms with E-state index in [9.17, 15) is 32.8 Å². The highest BCUT2D eigenvalue weighted by atomic mass is 19.3. The van der Waals surface area contributed by atoms with Crippen molar-refractivity contribution in [2.45, 2.75) is 44.6 Å². The smallest absolute Gasteiger partial charge is 0.262 e. The molecule has 10 heteroatoms. The second kappa shape index (κ2) is 6.68. The minimum Gasteiger partial charge on any atom is -0.351 e. The van der Waals surface area contributed by atoms with Crippen LogP contribution in [0.1, 0.15) is 63.7 Å². The number of carbonyl (C=O) groups is 5. The molecule has 158 valence electrons. The van der Waals surface area contributed by atoms with Crippen molar-refractivity contribution in [2.75, 3.05) is 6.54 Å². The van der Waals surface area contributed by atoms with Crippen LogP contribution in [0.25, 0.3) is 0 Å². The summed E-state index contributed by atoms with van der Waals surface area (Å²) >= 11 is 0. The Bertz CT molecular complexity index is 998. The Kier molecular flexibility index (Phi) is 4.48. The fourth-order valence-corrected chi connectivity index (χ4v) is 4.33. The van der Waals surface area contributed by atoms with E-state index in [0.29, 0.717) is 0 Å². The molecular formula is C20H19F2N3O5. The molecule has 0 aromatic heterocycles. The quantitative estimate of drug-likeness (QED) is 0.714. The monoisotopic (exact) mass is 419 g/mol. The van der Waals surface area contributed by atoms with Crippen molar-refractivity contribution in [1.82, 2.24) is 15.5 Å². The van der Waals surface area contributed by atoms with Gasteiger partial charge in [0, 0.05) is 31.4 Å². The van der Waals surface area contributed by atoms with Crippen molar-refractivity contribution in [2.24, 2.45) is 5.41 Å². The number of hydrogen-bond donors (Lipinski definition) is 2. The lowest BCUT2D eigenvalue weighted by Crippen LogP contribution is -2.54. The zero-order valence-electron chi connectivity index (χ0n) is 16.1. The first kappa shape index (κ1) is 20.1. The van der Waals surface area contributed by atoms with Crippen molar-refractivity contribution in [3.63, 3.8) is 0 Å². The minimum atomic E-state index is -2.71. The number of carbonyl (C=O) groups excluding carboxylic acids is 5. The molecule has 30 heavy (non-hydrogen) atoms. The van der Waals surface area contributed by atoms with Gasteiger partial charge in [-0.25, -0.2) is 8.78 Å². The van der Waals surface area contributed by atoms with Crippen LogP contribution in [-0.4, -0.2) is 52.9 Å². The summed E-state index contributed by atoms with van der Waals surface area (Å²) in [5.41, 5.74) is -0.537. The number of nitrogens with zero attached hydrogens (tertiary/aromatic N) is 1. The van der Waals surface area contributed by atoms with Gasteiger partial charge in [0.2, 0.25) is 17.7 Å². The summed E-state index contributed by atoms with van der Waals surface area (Å²) in [6.07, 6.45) is -0.571. The SMILES string of the molecule is CC1(CNC(=O)c2ccc3c(c2)C(=O)N(C2CCC(=O)NC2=O)C3=O)CC(F)(F)C1. The predicted molar refractivity (Wildman–Crippen MR) is 97.7 cm³/mol. The van der Waals surface area contributed by atoms with Gasteiger partial charge in [0.1, 0.15) is 6.04 Å². The Hall–Kier alpha value is -3.17. The Morgan fingerprint density at radius 2 is 1.83 bits per heavy atom. The summed E-state index contributed by atoms with van der Waals surface area (Å²) in [5, 5.41) is 4.71. The summed E-state index contributed by atoms with van der Waals surface area (Å²) in [6, 6.07) is 2.86. The number of benzene rings is 1. The van der Waals surface area contributed by atoms with Gasteiger partial charge in [-0.2, -0.15) is 0 Å². The van der Waals surface area contributed by atoms with Crippen LogP contribution >= 0.6 is 0 Å². The Morgan fingerprint density at radius 3 is 2.47 bits per heavy atom. The molecule has 2 heterocycles. The molecule has 1 aromatic rings. The number of halogens is 2. The summed E-state index contributed by atoms with van der Waals surface area (Å²) in [6.45, 7) is 1.72. The number of amides is 5. The van der Waals surface area contributed by atoms with Crippen LogP contribution in [-0.2, 0) is 9.59 Å². The van der Waals surface area contributed by atoms with Gasteiger partial charge in [0.05, 0.1) is 11.1 Å². The number of fused-ring (bicyclic) bond motifs is 1. The lowest BCUT2D eigenvalue weighted by atomic mass is 9.67. The highest BCUT2D eigenvalue weighted by Crippen LogP contribution is 2.51. The van der Waals surface area contributed by atoms with Crippen LogP contribution < -0.4 is 10.6 Å². The minimum absolute atomic E-state index is 0.00921. The van der Waals surface area contributed by atoms with Crippen molar-refractivity contribution in [3.05, 3.63) is 34.9 Å². The maximum atomic E-state index is 13.1. The molecule has 0 radical (unpaired) electrons. The maximum absolute atomic E-state index is 13.1. The van der Waals surface area contributed by atoms with Gasteiger partial charge >= 0.3 is 0 Å². The number of imide groups is 2. The second-order valence-electron chi connectivity index (χ2n) is 8.41. The zero-order valence-corrected chi connectivity index (χ0v) is 16.1. The molecule has 1 aromatic carbocycles. The molecule has 2 aliphatic heterocycles. The van der Waals surface area contributed by atoms with Crippen molar-refractivity contribution < 1.29 is 32.8 Å². The number of piperidine rings is 1. The molecular weight excluding hydrogens is 400 g/mol. The van der Waals surface area contributed by atoms with Crippen molar-refractivity contribution >= 4 is 29.5 Å². The number of hydrogen-bond acceptors (Lipinski definition) is 5. The van der Waals surface area contributed by atoms with Gasteiger partial charge in [-0.3, -0.25) is 34.2 Å². The largest absolute Gasteiger partial charge is 0.351 e. The maximum Gasteiger partial charge on any atom is 0.262 e. The lowest BCUT2D eigenvalue weighted by molar-refractivity contribution is -0.151. The van der Waals surface area contributed by atoms with Crippen LogP contribution in [0.4, 0.5) is 8.78 Å². The molecule has 3 aliphatic rings. The van der Waals surface area contributed by atoms with E-state index in [1.807, 2.05) is 0 Å². The Balaban J connectivity index is 1.49. The van der Waals surface area contributed by atoms with Gasteiger partial charge in [-0.05, 0) is 30.0 Å². The fraction of sp³-hybridized carbons (Fsp3) is 0.450. The normalized spacial score (nSPS) is 24.2. The lowest BCUT2D eigenvalue weighted by Gasteiger charge is -2.44. The molecule has 5 amide bonds. The highest BCUT2D eigenvalue weighted by molar-refractivity contribution is 6.24. The molecule has 1 atom stereocenters. The number of alkyl halides is 2. The van der Waals surface area contributed by atoms with Gasteiger partial charge in [-0.1, -0.05) is 6.92 Å². The first-order valence-corrected chi connectivity index (χ1v) is 9.51. The van der Waals surface area contributed by atoms with Gasteiger partial charge in [-0.15, -0.1) is 0 Å². The molecule has 4 rings (SSSR count). The van der Waals surface area contributed by atoms with E-state index in [1.165, 1.54) is 18.2 Å².